The Labute approximate surface area is 95.6 Å². The van der Waals surface area contributed by atoms with Crippen LogP contribution in [0.25, 0.3) is 0 Å². The van der Waals surface area contributed by atoms with Gasteiger partial charge in [0, 0.05) is 10.3 Å². The number of methoxy groups -OCH3 is 1. The predicted octanol–water partition coefficient (Wildman–Crippen LogP) is 2.70. The maximum Gasteiger partial charge on any atom is 0.129 e. The van der Waals surface area contributed by atoms with Gasteiger partial charge in [0.25, 0.3) is 0 Å². The van der Waals surface area contributed by atoms with Gasteiger partial charge in [0.05, 0.1) is 13.2 Å². The second-order valence-electron chi connectivity index (χ2n) is 4.08. The molecule has 0 saturated carbocycles. The lowest BCUT2D eigenvalue weighted by atomic mass is 10.0. The molecule has 15 heavy (non-hydrogen) atoms. The molecule has 1 aromatic rings. The SMILES string of the molecule is COc1csc(C(CCC(C)C)NN)c1. The number of rotatable bonds is 6. The van der Waals surface area contributed by atoms with Crippen molar-refractivity contribution in [3.63, 3.8) is 0 Å². The molecule has 1 heterocycles. The van der Waals surface area contributed by atoms with Gasteiger partial charge in [0.15, 0.2) is 0 Å². The van der Waals surface area contributed by atoms with E-state index >= 15 is 0 Å². The first kappa shape index (κ1) is 12.5. The molecule has 3 N–H and O–H groups in total. The van der Waals surface area contributed by atoms with Crippen LogP contribution in [0, 0.1) is 5.92 Å². The normalized spacial score (nSPS) is 13.1. The Morgan fingerprint density at radius 3 is 2.67 bits per heavy atom. The summed E-state index contributed by atoms with van der Waals surface area (Å²) in [4.78, 5) is 1.25. The largest absolute Gasteiger partial charge is 0.496 e. The molecule has 1 unspecified atom stereocenters. The number of thiophene rings is 1. The highest BCUT2D eigenvalue weighted by atomic mass is 32.1. The van der Waals surface area contributed by atoms with Crippen LogP contribution < -0.4 is 16.0 Å². The summed E-state index contributed by atoms with van der Waals surface area (Å²) >= 11 is 1.69. The monoisotopic (exact) mass is 228 g/mol. The summed E-state index contributed by atoms with van der Waals surface area (Å²) in [6.45, 7) is 4.45. The van der Waals surface area contributed by atoms with Crippen LogP contribution in [0.5, 0.6) is 5.75 Å². The number of ether oxygens (including phenoxy) is 1. The minimum Gasteiger partial charge on any atom is -0.496 e. The molecule has 1 aromatic heterocycles. The third kappa shape index (κ3) is 3.81. The highest BCUT2D eigenvalue weighted by Gasteiger charge is 2.12. The minimum absolute atomic E-state index is 0.251. The summed E-state index contributed by atoms with van der Waals surface area (Å²) in [5, 5.41) is 2.01. The van der Waals surface area contributed by atoms with E-state index in [1.807, 2.05) is 5.38 Å². The molecule has 0 saturated heterocycles. The standard InChI is InChI=1S/C11H20N2OS/c1-8(2)4-5-10(13-12)11-6-9(14-3)7-15-11/h6-8,10,13H,4-5,12H2,1-3H3. The third-order valence-corrected chi connectivity index (χ3v) is 3.43. The third-order valence-electron chi connectivity index (χ3n) is 2.41. The van der Waals surface area contributed by atoms with Gasteiger partial charge >= 0.3 is 0 Å². The number of nitrogens with two attached hydrogens (primary N) is 1. The van der Waals surface area contributed by atoms with Crippen LogP contribution in [-0.2, 0) is 0 Å². The maximum atomic E-state index is 5.56. The summed E-state index contributed by atoms with van der Waals surface area (Å²) in [6, 6.07) is 2.30. The molecule has 0 spiro atoms. The van der Waals surface area contributed by atoms with Crippen LogP contribution >= 0.6 is 11.3 Å². The lowest BCUT2D eigenvalue weighted by Gasteiger charge is -2.15. The molecule has 1 rings (SSSR count). The summed E-state index contributed by atoms with van der Waals surface area (Å²) < 4.78 is 5.16. The molecule has 0 bridgehead atoms. The van der Waals surface area contributed by atoms with E-state index in [1.165, 1.54) is 11.3 Å². The lowest BCUT2D eigenvalue weighted by molar-refractivity contribution is 0.414. The fourth-order valence-electron chi connectivity index (χ4n) is 1.43. The van der Waals surface area contributed by atoms with E-state index in [0.29, 0.717) is 5.92 Å². The van der Waals surface area contributed by atoms with Crippen molar-refractivity contribution in [2.45, 2.75) is 32.7 Å². The fourth-order valence-corrected chi connectivity index (χ4v) is 2.38. The fraction of sp³-hybridized carbons (Fsp3) is 0.636. The van der Waals surface area contributed by atoms with E-state index in [0.717, 1.165) is 12.2 Å². The van der Waals surface area contributed by atoms with Crippen LogP contribution in [0.4, 0.5) is 0 Å². The first-order chi connectivity index (χ1) is 7.17. The van der Waals surface area contributed by atoms with Crippen molar-refractivity contribution >= 4 is 11.3 Å². The Hall–Kier alpha value is -0.580. The van der Waals surface area contributed by atoms with E-state index < -0.39 is 0 Å². The average Bonchev–Trinajstić information content (AvgIpc) is 2.67. The van der Waals surface area contributed by atoms with Crippen molar-refractivity contribution < 1.29 is 4.74 Å². The van der Waals surface area contributed by atoms with Crippen LogP contribution in [0.15, 0.2) is 11.4 Å². The van der Waals surface area contributed by atoms with Crippen molar-refractivity contribution in [1.29, 1.82) is 0 Å². The van der Waals surface area contributed by atoms with Gasteiger partial charge in [-0.05, 0) is 24.8 Å². The summed E-state index contributed by atoms with van der Waals surface area (Å²) in [5.74, 6) is 7.18. The minimum atomic E-state index is 0.251. The van der Waals surface area contributed by atoms with Crippen LogP contribution in [0.1, 0.15) is 37.6 Å². The van der Waals surface area contributed by atoms with Crippen LogP contribution in [0.3, 0.4) is 0 Å². The zero-order chi connectivity index (χ0) is 11.3. The summed E-state index contributed by atoms with van der Waals surface area (Å²) in [6.07, 6.45) is 2.24. The van der Waals surface area contributed by atoms with Crippen LogP contribution in [0.2, 0.25) is 0 Å². The van der Waals surface area contributed by atoms with E-state index in [9.17, 15) is 0 Å². The molecule has 4 heteroatoms. The molecular formula is C11H20N2OS. The Bertz CT molecular complexity index is 286. The Kier molecular flexibility index (Phi) is 5.08. The van der Waals surface area contributed by atoms with E-state index in [-0.39, 0.29) is 6.04 Å². The maximum absolute atomic E-state index is 5.56. The topological polar surface area (TPSA) is 47.3 Å². The van der Waals surface area contributed by atoms with Gasteiger partial charge in [-0.1, -0.05) is 13.8 Å². The van der Waals surface area contributed by atoms with Crippen molar-refractivity contribution in [3.05, 3.63) is 16.3 Å². The molecule has 0 fully saturated rings. The molecule has 0 aliphatic carbocycles. The number of nitrogens with one attached hydrogen (secondary N) is 1. The van der Waals surface area contributed by atoms with Gasteiger partial charge in [0.1, 0.15) is 5.75 Å². The average molecular weight is 228 g/mol. The second kappa shape index (κ2) is 6.10. The van der Waals surface area contributed by atoms with E-state index in [4.69, 9.17) is 10.6 Å². The van der Waals surface area contributed by atoms with Crippen molar-refractivity contribution in [1.82, 2.24) is 5.43 Å². The Morgan fingerprint density at radius 1 is 1.47 bits per heavy atom. The molecule has 0 amide bonds. The predicted molar refractivity (Wildman–Crippen MR) is 65.0 cm³/mol. The molecular weight excluding hydrogens is 208 g/mol. The molecule has 0 aromatic carbocycles. The smallest absolute Gasteiger partial charge is 0.129 e. The number of hydrazine groups is 1. The van der Waals surface area contributed by atoms with Crippen molar-refractivity contribution in [2.24, 2.45) is 11.8 Å². The zero-order valence-corrected chi connectivity index (χ0v) is 10.4. The van der Waals surface area contributed by atoms with Gasteiger partial charge in [-0.2, -0.15) is 0 Å². The first-order valence-corrected chi connectivity index (χ1v) is 6.14. The highest BCUT2D eigenvalue weighted by molar-refractivity contribution is 7.10. The van der Waals surface area contributed by atoms with Gasteiger partial charge in [-0.3, -0.25) is 11.3 Å². The van der Waals surface area contributed by atoms with Gasteiger partial charge in [-0.25, -0.2) is 0 Å². The molecule has 0 radical (unpaired) electrons. The van der Waals surface area contributed by atoms with Gasteiger partial charge in [0.2, 0.25) is 0 Å². The number of hydrogen-bond acceptors (Lipinski definition) is 4. The summed E-state index contributed by atoms with van der Waals surface area (Å²) in [7, 11) is 1.69. The van der Waals surface area contributed by atoms with Crippen molar-refractivity contribution in [2.75, 3.05) is 7.11 Å². The molecule has 1 atom stereocenters. The first-order valence-electron chi connectivity index (χ1n) is 5.26. The quantitative estimate of drug-likeness (QED) is 0.581. The van der Waals surface area contributed by atoms with Gasteiger partial charge < -0.3 is 4.74 Å². The van der Waals surface area contributed by atoms with Crippen LogP contribution in [-0.4, -0.2) is 7.11 Å². The van der Waals surface area contributed by atoms with E-state index in [1.54, 1.807) is 18.4 Å². The zero-order valence-electron chi connectivity index (χ0n) is 9.62. The summed E-state index contributed by atoms with van der Waals surface area (Å²) in [5.41, 5.74) is 2.87. The van der Waals surface area contributed by atoms with Gasteiger partial charge in [-0.15, -0.1) is 11.3 Å². The van der Waals surface area contributed by atoms with E-state index in [2.05, 4.69) is 25.3 Å². The molecule has 86 valence electrons. The van der Waals surface area contributed by atoms with Crippen molar-refractivity contribution in [3.8, 4) is 5.75 Å². The molecule has 3 nitrogen and oxygen atoms in total. The number of hydrogen-bond donors (Lipinski definition) is 2. The molecule has 0 aliphatic rings. The Morgan fingerprint density at radius 2 is 2.20 bits per heavy atom. The lowest BCUT2D eigenvalue weighted by Crippen LogP contribution is -2.27. The highest BCUT2D eigenvalue weighted by Crippen LogP contribution is 2.29. The Balaban J connectivity index is 2.57. The molecule has 0 aliphatic heterocycles. The second-order valence-corrected chi connectivity index (χ2v) is 5.02.